The summed E-state index contributed by atoms with van der Waals surface area (Å²) in [6.07, 6.45) is 0. The number of carbonyl (C=O) groups is 3. The van der Waals surface area contributed by atoms with Gasteiger partial charge in [0.25, 0.3) is 11.8 Å². The second-order valence-electron chi connectivity index (χ2n) is 5.37. The van der Waals surface area contributed by atoms with Gasteiger partial charge in [-0.05, 0) is 42.0 Å². The summed E-state index contributed by atoms with van der Waals surface area (Å²) in [6.45, 7) is 0.00989. The zero-order chi connectivity index (χ0) is 18.9. The molecule has 0 aliphatic heterocycles. The molecule has 2 rings (SSSR count). The Morgan fingerprint density at radius 1 is 0.962 bits per heavy atom. The highest BCUT2D eigenvalue weighted by Gasteiger charge is 2.07. The first-order valence-electron chi connectivity index (χ1n) is 7.74. The lowest BCUT2D eigenvalue weighted by Gasteiger charge is -2.08. The van der Waals surface area contributed by atoms with E-state index in [2.05, 4.69) is 26.6 Å². The average Bonchev–Trinajstić information content (AvgIpc) is 2.64. The predicted molar refractivity (Wildman–Crippen MR) is 99.5 cm³/mol. The lowest BCUT2D eigenvalue weighted by Crippen LogP contribution is -2.33. The number of hydrogen-bond donors (Lipinski definition) is 3. The molecule has 3 amide bonds. The predicted octanol–water partition coefficient (Wildman–Crippen LogP) is 1.36. The number of ether oxygens (including phenoxy) is 1. The molecule has 4 N–H and O–H groups in total. The van der Waals surface area contributed by atoms with E-state index in [0.717, 1.165) is 10.0 Å². The minimum atomic E-state index is -0.608. The Bertz CT molecular complexity index is 776. The van der Waals surface area contributed by atoms with Crippen LogP contribution >= 0.6 is 15.9 Å². The second kappa shape index (κ2) is 9.57. The number of nitrogens with two attached hydrogens (primary N) is 1. The molecule has 2 aromatic carbocycles. The van der Waals surface area contributed by atoms with Crippen LogP contribution < -0.4 is 21.1 Å². The Morgan fingerprint density at radius 2 is 1.62 bits per heavy atom. The van der Waals surface area contributed by atoms with Crippen LogP contribution in [0.3, 0.4) is 0 Å². The molecule has 0 heterocycles. The van der Waals surface area contributed by atoms with Gasteiger partial charge in [-0.3, -0.25) is 14.4 Å². The molecule has 0 atom stereocenters. The van der Waals surface area contributed by atoms with Crippen molar-refractivity contribution in [3.8, 4) is 5.75 Å². The molecule has 0 aromatic heterocycles. The summed E-state index contributed by atoms with van der Waals surface area (Å²) in [4.78, 5) is 34.2. The van der Waals surface area contributed by atoms with Gasteiger partial charge in [-0.1, -0.05) is 28.1 Å². The van der Waals surface area contributed by atoms with Gasteiger partial charge < -0.3 is 21.1 Å². The summed E-state index contributed by atoms with van der Waals surface area (Å²) in [5.41, 5.74) is 6.20. The molecule has 7 nitrogen and oxygen atoms in total. The van der Waals surface area contributed by atoms with Gasteiger partial charge in [-0.15, -0.1) is 0 Å². The average molecular weight is 420 g/mol. The zero-order valence-electron chi connectivity index (χ0n) is 13.8. The fraction of sp³-hybridized carbons (Fsp3) is 0.167. The maximum atomic E-state index is 11.8. The van der Waals surface area contributed by atoms with Crippen LogP contribution in [0, 0.1) is 0 Å². The van der Waals surface area contributed by atoms with Crippen LogP contribution in [0.25, 0.3) is 0 Å². The highest BCUT2D eigenvalue weighted by Crippen LogP contribution is 2.15. The monoisotopic (exact) mass is 419 g/mol. The number of carbonyl (C=O) groups excluding carboxylic acids is 3. The van der Waals surface area contributed by atoms with Crippen molar-refractivity contribution in [3.05, 3.63) is 64.1 Å². The van der Waals surface area contributed by atoms with Crippen LogP contribution in [0.5, 0.6) is 5.75 Å². The van der Waals surface area contributed by atoms with Crippen LogP contribution in [-0.2, 0) is 16.1 Å². The minimum Gasteiger partial charge on any atom is -0.484 e. The number of primary amides is 1. The molecule has 8 heteroatoms. The van der Waals surface area contributed by atoms with Gasteiger partial charge >= 0.3 is 0 Å². The van der Waals surface area contributed by atoms with E-state index in [1.54, 1.807) is 36.4 Å². The maximum Gasteiger partial charge on any atom is 0.258 e. The first-order chi connectivity index (χ1) is 12.4. The molecule has 2 aromatic rings. The highest BCUT2D eigenvalue weighted by molar-refractivity contribution is 9.10. The lowest BCUT2D eigenvalue weighted by molar-refractivity contribution is -0.123. The Balaban J connectivity index is 1.76. The molecule has 0 aliphatic carbocycles. The van der Waals surface area contributed by atoms with Crippen LogP contribution in [-0.4, -0.2) is 30.9 Å². The van der Waals surface area contributed by atoms with Crippen molar-refractivity contribution >= 4 is 33.7 Å². The fourth-order valence-corrected chi connectivity index (χ4v) is 2.24. The largest absolute Gasteiger partial charge is 0.484 e. The summed E-state index contributed by atoms with van der Waals surface area (Å²) in [7, 11) is 0. The van der Waals surface area contributed by atoms with Gasteiger partial charge in [0.1, 0.15) is 5.75 Å². The summed E-state index contributed by atoms with van der Waals surface area (Å²) in [5.74, 6) is -0.642. The fourth-order valence-electron chi connectivity index (χ4n) is 1.97. The van der Waals surface area contributed by atoms with Gasteiger partial charge in [0.15, 0.2) is 6.61 Å². The van der Waals surface area contributed by atoms with E-state index in [9.17, 15) is 14.4 Å². The van der Waals surface area contributed by atoms with E-state index in [1.165, 1.54) is 0 Å². The summed E-state index contributed by atoms with van der Waals surface area (Å²) in [6, 6.07) is 13.8. The zero-order valence-corrected chi connectivity index (χ0v) is 15.4. The number of hydrogen-bond acceptors (Lipinski definition) is 4. The van der Waals surface area contributed by atoms with Crippen molar-refractivity contribution in [2.75, 3.05) is 13.2 Å². The quantitative estimate of drug-likeness (QED) is 0.599. The van der Waals surface area contributed by atoms with E-state index in [0.29, 0.717) is 17.9 Å². The number of rotatable bonds is 8. The van der Waals surface area contributed by atoms with Crippen molar-refractivity contribution in [1.29, 1.82) is 0 Å². The van der Waals surface area contributed by atoms with E-state index in [-0.39, 0.29) is 25.0 Å². The van der Waals surface area contributed by atoms with Crippen LogP contribution in [0.1, 0.15) is 15.9 Å². The van der Waals surface area contributed by atoms with Crippen LogP contribution in [0.4, 0.5) is 0 Å². The van der Waals surface area contributed by atoms with Gasteiger partial charge in [0, 0.05) is 16.6 Å². The van der Waals surface area contributed by atoms with E-state index < -0.39 is 5.91 Å². The molecule has 0 spiro atoms. The molecule has 0 saturated heterocycles. The van der Waals surface area contributed by atoms with E-state index in [1.807, 2.05) is 12.1 Å². The summed E-state index contributed by atoms with van der Waals surface area (Å²) >= 11 is 3.32. The van der Waals surface area contributed by atoms with Crippen LogP contribution in [0.15, 0.2) is 53.0 Å². The standard InChI is InChI=1S/C18H18BrN3O4/c19-14-5-7-15(8-6-14)26-11-17(24)21-9-12-1-3-13(4-2-12)18(25)22-10-16(20)23/h1-8H,9-11H2,(H2,20,23)(H,21,24)(H,22,25). The molecule has 26 heavy (non-hydrogen) atoms. The summed E-state index contributed by atoms with van der Waals surface area (Å²) < 4.78 is 6.32. The Morgan fingerprint density at radius 3 is 2.23 bits per heavy atom. The van der Waals surface area contributed by atoms with Crippen molar-refractivity contribution < 1.29 is 19.1 Å². The third-order valence-electron chi connectivity index (χ3n) is 3.31. The van der Waals surface area contributed by atoms with Crippen LogP contribution in [0.2, 0.25) is 0 Å². The van der Waals surface area contributed by atoms with Crippen molar-refractivity contribution in [2.24, 2.45) is 5.73 Å². The number of amides is 3. The highest BCUT2D eigenvalue weighted by atomic mass is 79.9. The topological polar surface area (TPSA) is 111 Å². The Hall–Kier alpha value is -2.87. The molecule has 0 unspecified atom stereocenters. The molecule has 0 bridgehead atoms. The smallest absolute Gasteiger partial charge is 0.258 e. The molecule has 0 saturated carbocycles. The molecular weight excluding hydrogens is 402 g/mol. The SMILES string of the molecule is NC(=O)CNC(=O)c1ccc(CNC(=O)COc2ccc(Br)cc2)cc1. The first-order valence-corrected chi connectivity index (χ1v) is 8.54. The number of nitrogens with one attached hydrogen (secondary N) is 2. The second-order valence-corrected chi connectivity index (χ2v) is 6.28. The van der Waals surface area contributed by atoms with Crippen molar-refractivity contribution in [2.45, 2.75) is 6.54 Å². The molecule has 0 radical (unpaired) electrons. The van der Waals surface area contributed by atoms with E-state index in [4.69, 9.17) is 10.5 Å². The van der Waals surface area contributed by atoms with Crippen molar-refractivity contribution in [3.63, 3.8) is 0 Å². The molecule has 136 valence electrons. The minimum absolute atomic E-state index is 0.0881. The van der Waals surface area contributed by atoms with Gasteiger partial charge in [-0.2, -0.15) is 0 Å². The Labute approximate surface area is 159 Å². The van der Waals surface area contributed by atoms with Gasteiger partial charge in [-0.25, -0.2) is 0 Å². The normalized spacial score (nSPS) is 10.0. The van der Waals surface area contributed by atoms with Crippen molar-refractivity contribution in [1.82, 2.24) is 10.6 Å². The molecular formula is C18H18BrN3O4. The molecule has 0 aliphatic rings. The van der Waals surface area contributed by atoms with E-state index >= 15 is 0 Å². The maximum absolute atomic E-state index is 11.8. The number of halogens is 1. The Kier molecular flexibility index (Phi) is 7.16. The van der Waals surface area contributed by atoms with Gasteiger partial charge in [0.2, 0.25) is 5.91 Å². The third kappa shape index (κ3) is 6.56. The third-order valence-corrected chi connectivity index (χ3v) is 3.84. The number of benzene rings is 2. The molecule has 0 fully saturated rings. The van der Waals surface area contributed by atoms with Gasteiger partial charge in [0.05, 0.1) is 6.54 Å². The lowest BCUT2D eigenvalue weighted by atomic mass is 10.1. The first kappa shape index (κ1) is 19.5. The summed E-state index contributed by atoms with van der Waals surface area (Å²) in [5, 5.41) is 5.14.